The molecule has 5 heteroatoms. The van der Waals surface area contributed by atoms with Crippen LogP contribution in [0.4, 0.5) is 0 Å². The summed E-state index contributed by atoms with van der Waals surface area (Å²) in [5.41, 5.74) is 1.93. The van der Waals surface area contributed by atoms with Gasteiger partial charge in [0.2, 0.25) is 5.88 Å². The van der Waals surface area contributed by atoms with Gasteiger partial charge in [0, 0.05) is 7.11 Å². The SMILES string of the molecule is COCCc1ccc(Oc2cnc(CCl)cn2)cc1. The van der Waals surface area contributed by atoms with Crippen LogP contribution in [0.2, 0.25) is 0 Å². The van der Waals surface area contributed by atoms with Gasteiger partial charge in [-0.25, -0.2) is 4.98 Å². The molecule has 0 radical (unpaired) electrons. The second kappa shape index (κ2) is 7.07. The highest BCUT2D eigenvalue weighted by Crippen LogP contribution is 2.19. The largest absolute Gasteiger partial charge is 0.438 e. The summed E-state index contributed by atoms with van der Waals surface area (Å²) >= 11 is 5.64. The van der Waals surface area contributed by atoms with E-state index >= 15 is 0 Å². The minimum atomic E-state index is 0.349. The predicted octanol–water partition coefficient (Wildman–Crippen LogP) is 3.20. The molecule has 4 nitrogen and oxygen atoms in total. The third kappa shape index (κ3) is 4.19. The molecule has 0 bridgehead atoms. The van der Waals surface area contributed by atoms with E-state index in [1.807, 2.05) is 24.3 Å². The van der Waals surface area contributed by atoms with Crippen molar-refractivity contribution in [3.8, 4) is 11.6 Å². The zero-order chi connectivity index (χ0) is 13.5. The average Bonchev–Trinajstić information content (AvgIpc) is 2.47. The smallest absolute Gasteiger partial charge is 0.237 e. The van der Waals surface area contributed by atoms with Gasteiger partial charge in [-0.05, 0) is 24.1 Å². The number of hydrogen-bond donors (Lipinski definition) is 0. The van der Waals surface area contributed by atoms with Crippen LogP contribution in [0, 0.1) is 0 Å². The van der Waals surface area contributed by atoms with Crippen molar-refractivity contribution >= 4 is 11.6 Å². The third-order valence-electron chi connectivity index (χ3n) is 2.56. The number of aromatic nitrogens is 2. The Hall–Kier alpha value is -1.65. The maximum Gasteiger partial charge on any atom is 0.237 e. The van der Waals surface area contributed by atoms with Crippen LogP contribution in [0.25, 0.3) is 0 Å². The molecule has 1 heterocycles. The zero-order valence-electron chi connectivity index (χ0n) is 10.7. The van der Waals surface area contributed by atoms with E-state index in [2.05, 4.69) is 9.97 Å². The monoisotopic (exact) mass is 278 g/mol. The van der Waals surface area contributed by atoms with E-state index in [1.54, 1.807) is 19.5 Å². The van der Waals surface area contributed by atoms with Crippen molar-refractivity contribution in [3.05, 3.63) is 47.9 Å². The van der Waals surface area contributed by atoms with Crippen LogP contribution in [0.3, 0.4) is 0 Å². The topological polar surface area (TPSA) is 44.2 Å². The summed E-state index contributed by atoms with van der Waals surface area (Å²) in [7, 11) is 1.70. The van der Waals surface area contributed by atoms with Crippen molar-refractivity contribution in [2.45, 2.75) is 12.3 Å². The molecule has 0 N–H and O–H groups in total. The minimum Gasteiger partial charge on any atom is -0.438 e. The second-order valence-electron chi connectivity index (χ2n) is 3.97. The minimum absolute atomic E-state index is 0.349. The van der Waals surface area contributed by atoms with E-state index in [-0.39, 0.29) is 0 Å². The van der Waals surface area contributed by atoms with Gasteiger partial charge in [0.15, 0.2) is 0 Å². The Bertz CT molecular complexity index is 500. The highest BCUT2D eigenvalue weighted by molar-refractivity contribution is 6.16. The van der Waals surface area contributed by atoms with Gasteiger partial charge in [0.05, 0.1) is 30.6 Å². The first-order chi connectivity index (χ1) is 9.31. The number of alkyl halides is 1. The standard InChI is InChI=1S/C14H15ClN2O2/c1-18-7-6-11-2-4-13(5-3-11)19-14-10-16-12(8-15)9-17-14/h2-5,9-10H,6-8H2,1H3. The number of benzene rings is 1. The van der Waals surface area contributed by atoms with Crippen molar-refractivity contribution in [2.75, 3.05) is 13.7 Å². The maximum atomic E-state index is 5.64. The van der Waals surface area contributed by atoms with Gasteiger partial charge in [-0.2, -0.15) is 0 Å². The Balaban J connectivity index is 1.98. The fraction of sp³-hybridized carbons (Fsp3) is 0.286. The first-order valence-corrected chi connectivity index (χ1v) is 6.48. The van der Waals surface area contributed by atoms with E-state index in [9.17, 15) is 0 Å². The summed E-state index contributed by atoms with van der Waals surface area (Å²) in [5.74, 6) is 1.54. The lowest BCUT2D eigenvalue weighted by atomic mass is 10.1. The van der Waals surface area contributed by atoms with E-state index in [0.29, 0.717) is 18.4 Å². The molecule has 0 saturated heterocycles. The first-order valence-electron chi connectivity index (χ1n) is 5.94. The average molecular weight is 279 g/mol. The fourth-order valence-electron chi connectivity index (χ4n) is 1.53. The summed E-state index contributed by atoms with van der Waals surface area (Å²) in [4.78, 5) is 8.24. The van der Waals surface area contributed by atoms with Crippen LogP contribution in [0.1, 0.15) is 11.3 Å². The third-order valence-corrected chi connectivity index (χ3v) is 2.83. The van der Waals surface area contributed by atoms with Gasteiger partial charge in [-0.3, -0.25) is 4.98 Å². The molecule has 0 saturated carbocycles. The molecule has 0 fully saturated rings. The van der Waals surface area contributed by atoms with E-state index in [0.717, 1.165) is 17.9 Å². The Labute approximate surface area is 117 Å². The number of ether oxygens (including phenoxy) is 2. The number of nitrogens with zero attached hydrogens (tertiary/aromatic N) is 2. The molecular weight excluding hydrogens is 264 g/mol. The molecule has 0 aliphatic rings. The molecule has 2 aromatic rings. The van der Waals surface area contributed by atoms with Gasteiger partial charge >= 0.3 is 0 Å². The summed E-state index contributed by atoms with van der Waals surface area (Å²) in [6.07, 6.45) is 4.06. The summed E-state index contributed by atoms with van der Waals surface area (Å²) in [6, 6.07) is 7.83. The molecule has 0 unspecified atom stereocenters. The molecule has 19 heavy (non-hydrogen) atoms. The molecule has 0 atom stereocenters. The highest BCUT2D eigenvalue weighted by atomic mass is 35.5. The van der Waals surface area contributed by atoms with Gasteiger partial charge in [-0.1, -0.05) is 12.1 Å². The molecule has 0 aliphatic carbocycles. The predicted molar refractivity (Wildman–Crippen MR) is 73.7 cm³/mol. The number of halogens is 1. The van der Waals surface area contributed by atoms with Crippen LogP contribution in [-0.4, -0.2) is 23.7 Å². The Kier molecular flexibility index (Phi) is 5.12. The molecule has 0 spiro atoms. The lowest BCUT2D eigenvalue weighted by Crippen LogP contribution is -1.95. The van der Waals surface area contributed by atoms with Gasteiger partial charge in [-0.15, -0.1) is 11.6 Å². The lowest BCUT2D eigenvalue weighted by Gasteiger charge is -2.06. The van der Waals surface area contributed by atoms with Crippen LogP contribution >= 0.6 is 11.6 Å². The molecule has 1 aromatic heterocycles. The molecule has 0 aliphatic heterocycles. The van der Waals surface area contributed by atoms with Crippen LogP contribution in [0.15, 0.2) is 36.7 Å². The summed E-state index contributed by atoms with van der Waals surface area (Å²) < 4.78 is 10.6. The van der Waals surface area contributed by atoms with E-state index in [4.69, 9.17) is 21.1 Å². The number of hydrogen-bond acceptors (Lipinski definition) is 4. The molecular formula is C14H15ClN2O2. The fourth-order valence-corrected chi connectivity index (χ4v) is 1.67. The van der Waals surface area contributed by atoms with Crippen LogP contribution < -0.4 is 4.74 Å². The molecule has 0 amide bonds. The van der Waals surface area contributed by atoms with Gasteiger partial charge < -0.3 is 9.47 Å². The highest BCUT2D eigenvalue weighted by Gasteiger charge is 2.00. The molecule has 1 aromatic carbocycles. The van der Waals surface area contributed by atoms with Gasteiger partial charge in [0.25, 0.3) is 0 Å². The van der Waals surface area contributed by atoms with E-state index in [1.165, 1.54) is 5.56 Å². The lowest BCUT2D eigenvalue weighted by molar-refractivity contribution is 0.202. The molecule has 100 valence electrons. The van der Waals surface area contributed by atoms with Crippen molar-refractivity contribution in [1.29, 1.82) is 0 Å². The second-order valence-corrected chi connectivity index (χ2v) is 4.24. The number of rotatable bonds is 6. The van der Waals surface area contributed by atoms with Crippen LogP contribution in [-0.2, 0) is 17.0 Å². The summed E-state index contributed by atoms with van der Waals surface area (Å²) in [5, 5.41) is 0. The van der Waals surface area contributed by atoms with Crippen molar-refractivity contribution in [1.82, 2.24) is 9.97 Å². The van der Waals surface area contributed by atoms with E-state index < -0.39 is 0 Å². The first kappa shape index (κ1) is 13.8. The maximum absolute atomic E-state index is 5.64. The van der Waals surface area contributed by atoms with Crippen LogP contribution in [0.5, 0.6) is 11.6 Å². The number of methoxy groups -OCH3 is 1. The summed E-state index contributed by atoms with van der Waals surface area (Å²) in [6.45, 7) is 0.714. The zero-order valence-corrected chi connectivity index (χ0v) is 11.4. The quantitative estimate of drug-likeness (QED) is 0.761. The Morgan fingerprint density at radius 2 is 1.89 bits per heavy atom. The normalized spacial score (nSPS) is 10.4. The Morgan fingerprint density at radius 3 is 2.47 bits per heavy atom. The van der Waals surface area contributed by atoms with Crippen molar-refractivity contribution in [2.24, 2.45) is 0 Å². The van der Waals surface area contributed by atoms with Gasteiger partial charge in [0.1, 0.15) is 5.75 Å². The Morgan fingerprint density at radius 1 is 1.11 bits per heavy atom. The van der Waals surface area contributed by atoms with Crippen molar-refractivity contribution < 1.29 is 9.47 Å². The molecule has 2 rings (SSSR count). The van der Waals surface area contributed by atoms with Crippen molar-refractivity contribution in [3.63, 3.8) is 0 Å².